The fourth-order valence-electron chi connectivity index (χ4n) is 3.28. The molecule has 2 N–H and O–H groups in total. The van der Waals surface area contributed by atoms with Crippen molar-refractivity contribution < 1.29 is 4.79 Å². The van der Waals surface area contributed by atoms with E-state index in [1.807, 2.05) is 44.2 Å². The van der Waals surface area contributed by atoms with Gasteiger partial charge in [-0.25, -0.2) is 4.68 Å². The smallest absolute Gasteiger partial charge is 0.261 e. The van der Waals surface area contributed by atoms with Gasteiger partial charge in [0, 0.05) is 12.6 Å². The maximum absolute atomic E-state index is 12.9. The highest BCUT2D eigenvalue weighted by molar-refractivity contribution is 7.71. The number of anilines is 1. The molecule has 0 unspecified atom stereocenters. The summed E-state index contributed by atoms with van der Waals surface area (Å²) in [5, 5.41) is 7.97. The van der Waals surface area contributed by atoms with Crippen molar-refractivity contribution in [2.24, 2.45) is 7.05 Å². The molecule has 1 amide bonds. The normalized spacial score (nSPS) is 11.0. The Morgan fingerprint density at radius 3 is 2.59 bits per heavy atom. The Bertz CT molecular complexity index is 1370. The minimum Gasteiger partial charge on any atom is -0.332 e. The molecule has 7 nitrogen and oxygen atoms in total. The number of carbonyl (C=O) groups is 1. The van der Waals surface area contributed by atoms with Crippen LogP contribution in [0.2, 0.25) is 0 Å². The number of hydrogen-bond acceptors (Lipinski definition) is 4. The Labute approximate surface area is 171 Å². The molecule has 0 radical (unpaired) electrons. The average Bonchev–Trinajstić information content (AvgIpc) is 3.00. The number of H-pyrrole nitrogens is 1. The Morgan fingerprint density at radius 1 is 1.14 bits per heavy atom. The van der Waals surface area contributed by atoms with E-state index in [1.54, 1.807) is 29.9 Å². The quantitative estimate of drug-likeness (QED) is 0.510. The summed E-state index contributed by atoms with van der Waals surface area (Å²) < 4.78 is 3.46. The molecule has 0 saturated carbocycles. The van der Waals surface area contributed by atoms with Crippen LogP contribution in [0.4, 0.5) is 5.69 Å². The average molecular weight is 405 g/mol. The van der Waals surface area contributed by atoms with Crippen LogP contribution in [0.25, 0.3) is 16.6 Å². The van der Waals surface area contributed by atoms with Gasteiger partial charge in [0.2, 0.25) is 0 Å². The van der Waals surface area contributed by atoms with E-state index in [1.165, 1.54) is 4.57 Å². The number of aromatic amines is 1. The highest BCUT2D eigenvalue weighted by atomic mass is 32.1. The SMILES string of the molecule is Cc1nn(-c2ccccc2)c(C)c1NC(=O)c1ccc2c(=O)n(C)c(=S)[nH]c2c1. The van der Waals surface area contributed by atoms with Crippen molar-refractivity contribution in [3.05, 3.63) is 80.6 Å². The Morgan fingerprint density at radius 2 is 1.86 bits per heavy atom. The molecule has 0 aliphatic heterocycles. The van der Waals surface area contributed by atoms with Gasteiger partial charge in [0.15, 0.2) is 4.77 Å². The molecule has 0 saturated heterocycles. The molecule has 2 heterocycles. The molecule has 0 fully saturated rings. The first-order valence-corrected chi connectivity index (χ1v) is 9.43. The molecule has 0 atom stereocenters. The molecule has 8 heteroatoms. The monoisotopic (exact) mass is 405 g/mol. The Balaban J connectivity index is 1.70. The lowest BCUT2D eigenvalue weighted by molar-refractivity contribution is 0.102. The summed E-state index contributed by atoms with van der Waals surface area (Å²) in [5.74, 6) is -0.286. The minimum atomic E-state index is -0.286. The van der Waals surface area contributed by atoms with Crippen LogP contribution in [0, 0.1) is 18.6 Å². The second-order valence-electron chi connectivity index (χ2n) is 6.80. The highest BCUT2D eigenvalue weighted by Gasteiger charge is 2.17. The Kier molecular flexibility index (Phi) is 4.63. The van der Waals surface area contributed by atoms with Crippen molar-refractivity contribution in [2.45, 2.75) is 13.8 Å². The molecule has 146 valence electrons. The molecular weight excluding hydrogens is 386 g/mol. The second kappa shape index (κ2) is 7.14. The molecule has 29 heavy (non-hydrogen) atoms. The summed E-state index contributed by atoms with van der Waals surface area (Å²) in [5.41, 5.74) is 3.87. The third-order valence-corrected chi connectivity index (χ3v) is 5.27. The standard InChI is InChI=1S/C21H19N5O2S/c1-12-18(13(2)26(24-12)15-7-5-4-6-8-15)23-19(27)14-9-10-16-17(11-14)22-21(29)25(3)20(16)28/h4-11H,1-3H3,(H,22,29)(H,23,27). The van der Waals surface area contributed by atoms with Gasteiger partial charge in [-0.2, -0.15) is 5.10 Å². The van der Waals surface area contributed by atoms with E-state index in [4.69, 9.17) is 12.2 Å². The predicted octanol–water partition coefficient (Wildman–Crippen LogP) is 3.65. The second-order valence-corrected chi connectivity index (χ2v) is 7.19. The number of amides is 1. The van der Waals surface area contributed by atoms with Gasteiger partial charge in [-0.1, -0.05) is 18.2 Å². The lowest BCUT2D eigenvalue weighted by atomic mass is 10.1. The number of nitrogens with zero attached hydrogens (tertiary/aromatic N) is 3. The fraction of sp³-hybridized carbons (Fsp3) is 0.143. The number of nitrogens with one attached hydrogen (secondary N) is 2. The van der Waals surface area contributed by atoms with Gasteiger partial charge < -0.3 is 10.3 Å². The Hall–Kier alpha value is -3.52. The van der Waals surface area contributed by atoms with Gasteiger partial charge >= 0.3 is 0 Å². The van der Waals surface area contributed by atoms with Gasteiger partial charge in [-0.3, -0.25) is 14.2 Å². The summed E-state index contributed by atoms with van der Waals surface area (Å²) >= 11 is 5.16. The largest absolute Gasteiger partial charge is 0.332 e. The van der Waals surface area contributed by atoms with Crippen molar-refractivity contribution in [3.8, 4) is 5.69 Å². The summed E-state index contributed by atoms with van der Waals surface area (Å²) in [4.78, 5) is 28.2. The third-order valence-electron chi connectivity index (χ3n) is 4.89. The molecule has 0 spiro atoms. The number of aromatic nitrogens is 4. The van der Waals surface area contributed by atoms with Crippen LogP contribution >= 0.6 is 12.2 Å². The van der Waals surface area contributed by atoms with Gasteiger partial charge in [0.25, 0.3) is 11.5 Å². The third kappa shape index (κ3) is 3.27. The number of carbonyl (C=O) groups excluding carboxylic acids is 1. The molecule has 4 rings (SSSR count). The van der Waals surface area contributed by atoms with Gasteiger partial charge in [-0.05, 0) is 56.4 Å². The maximum Gasteiger partial charge on any atom is 0.261 e. The molecular formula is C21H19N5O2S. The lowest BCUT2D eigenvalue weighted by Crippen LogP contribution is -2.19. The predicted molar refractivity (Wildman–Crippen MR) is 115 cm³/mol. The van der Waals surface area contributed by atoms with E-state index in [0.29, 0.717) is 32.6 Å². The summed E-state index contributed by atoms with van der Waals surface area (Å²) in [6.07, 6.45) is 0. The number of para-hydroxylation sites is 1. The van der Waals surface area contributed by atoms with Crippen LogP contribution in [0.1, 0.15) is 21.7 Å². The topological polar surface area (TPSA) is 84.7 Å². The zero-order valence-corrected chi connectivity index (χ0v) is 17.0. The van der Waals surface area contributed by atoms with E-state index in [0.717, 1.165) is 11.4 Å². The lowest BCUT2D eigenvalue weighted by Gasteiger charge is -2.08. The van der Waals surface area contributed by atoms with Crippen molar-refractivity contribution in [1.82, 2.24) is 19.3 Å². The van der Waals surface area contributed by atoms with Crippen molar-refractivity contribution >= 4 is 34.7 Å². The van der Waals surface area contributed by atoms with E-state index >= 15 is 0 Å². The first kappa shape index (κ1) is 18.8. The summed E-state index contributed by atoms with van der Waals surface area (Å²) in [6, 6.07) is 14.6. The van der Waals surface area contributed by atoms with Gasteiger partial charge in [0.1, 0.15) is 0 Å². The zero-order chi connectivity index (χ0) is 20.7. The summed E-state index contributed by atoms with van der Waals surface area (Å²) in [7, 11) is 1.61. The maximum atomic E-state index is 12.9. The van der Waals surface area contributed by atoms with Crippen LogP contribution in [0.5, 0.6) is 0 Å². The van der Waals surface area contributed by atoms with Crippen LogP contribution in [-0.2, 0) is 7.05 Å². The van der Waals surface area contributed by atoms with Crippen molar-refractivity contribution in [1.29, 1.82) is 0 Å². The number of aryl methyl sites for hydroxylation is 1. The zero-order valence-electron chi connectivity index (χ0n) is 16.2. The van der Waals surface area contributed by atoms with Gasteiger partial charge in [0.05, 0.1) is 33.7 Å². The summed E-state index contributed by atoms with van der Waals surface area (Å²) in [6.45, 7) is 3.76. The fourth-order valence-corrected chi connectivity index (χ4v) is 3.47. The number of fused-ring (bicyclic) bond motifs is 1. The van der Waals surface area contributed by atoms with E-state index in [-0.39, 0.29) is 11.5 Å². The van der Waals surface area contributed by atoms with Crippen LogP contribution in [-0.4, -0.2) is 25.2 Å². The molecule has 4 aromatic rings. The number of rotatable bonds is 3. The van der Waals surface area contributed by atoms with Crippen molar-refractivity contribution in [3.63, 3.8) is 0 Å². The molecule has 0 bridgehead atoms. The highest BCUT2D eigenvalue weighted by Crippen LogP contribution is 2.23. The van der Waals surface area contributed by atoms with E-state index < -0.39 is 0 Å². The van der Waals surface area contributed by atoms with Crippen LogP contribution < -0.4 is 10.9 Å². The van der Waals surface area contributed by atoms with E-state index in [2.05, 4.69) is 15.4 Å². The van der Waals surface area contributed by atoms with E-state index in [9.17, 15) is 9.59 Å². The number of benzene rings is 2. The first-order chi connectivity index (χ1) is 13.9. The van der Waals surface area contributed by atoms with Crippen LogP contribution in [0.3, 0.4) is 0 Å². The molecule has 2 aromatic heterocycles. The first-order valence-electron chi connectivity index (χ1n) is 9.03. The minimum absolute atomic E-state index is 0.202. The molecule has 2 aromatic carbocycles. The molecule has 0 aliphatic carbocycles. The molecule has 0 aliphatic rings. The van der Waals surface area contributed by atoms with Crippen molar-refractivity contribution in [2.75, 3.05) is 5.32 Å². The van der Waals surface area contributed by atoms with Crippen LogP contribution in [0.15, 0.2) is 53.3 Å². The van der Waals surface area contributed by atoms with Gasteiger partial charge in [-0.15, -0.1) is 0 Å². The number of hydrogen-bond donors (Lipinski definition) is 2.